The molecule has 0 aliphatic heterocycles. The van der Waals surface area contributed by atoms with Crippen LogP contribution in [0.3, 0.4) is 0 Å². The molecule has 1 aliphatic rings. The fourth-order valence-electron chi connectivity index (χ4n) is 2.57. The Morgan fingerprint density at radius 2 is 1.58 bits per heavy atom. The minimum Gasteiger partial charge on any atom is -0.198 e. The Morgan fingerprint density at radius 1 is 1.00 bits per heavy atom. The monoisotopic (exact) mass is 260 g/mol. The average molecular weight is 260 g/mol. The number of nitriles is 2. The average Bonchev–Trinajstić information content (AvgIpc) is 2.37. The van der Waals surface area contributed by atoms with E-state index in [2.05, 4.69) is 22.4 Å². The van der Waals surface area contributed by atoms with Gasteiger partial charge in [0.15, 0.2) is 5.54 Å². The first-order chi connectivity index (χ1) is 8.74. The fraction of sp³-hybridized carbons (Fsp3) is 0.867. The molecule has 0 N–H and O–H groups in total. The minimum atomic E-state index is -0.889. The molecule has 4 nitrogen and oxygen atoms in total. The van der Waals surface area contributed by atoms with Crippen LogP contribution in [0.15, 0.2) is 10.2 Å². The second-order valence-corrected chi connectivity index (χ2v) is 6.89. The maximum atomic E-state index is 9.50. The van der Waals surface area contributed by atoms with E-state index in [0.717, 1.165) is 25.7 Å². The van der Waals surface area contributed by atoms with E-state index >= 15 is 0 Å². The Hall–Kier alpha value is -1.42. The van der Waals surface area contributed by atoms with Crippen LogP contribution in [0, 0.1) is 28.1 Å². The van der Waals surface area contributed by atoms with Gasteiger partial charge in [-0.1, -0.05) is 19.3 Å². The van der Waals surface area contributed by atoms with Crippen LogP contribution in [0.4, 0.5) is 0 Å². The van der Waals surface area contributed by atoms with E-state index in [1.54, 1.807) is 6.92 Å². The highest BCUT2D eigenvalue weighted by Gasteiger charge is 2.40. The van der Waals surface area contributed by atoms with Gasteiger partial charge in [-0.3, -0.25) is 0 Å². The van der Waals surface area contributed by atoms with Gasteiger partial charge >= 0.3 is 0 Å². The predicted octanol–water partition coefficient (Wildman–Crippen LogP) is 4.38. The molecular weight excluding hydrogens is 236 g/mol. The van der Waals surface area contributed by atoms with E-state index < -0.39 is 5.54 Å². The van der Waals surface area contributed by atoms with Gasteiger partial charge in [0.1, 0.15) is 0 Å². The van der Waals surface area contributed by atoms with Gasteiger partial charge in [0, 0.05) is 6.42 Å². The zero-order chi connectivity index (χ0) is 14.6. The molecule has 4 heteroatoms. The summed E-state index contributed by atoms with van der Waals surface area (Å²) in [7, 11) is 0. The van der Waals surface area contributed by atoms with Gasteiger partial charge in [0.05, 0.1) is 23.1 Å². The molecule has 1 unspecified atom stereocenters. The fourth-order valence-corrected chi connectivity index (χ4v) is 2.57. The molecule has 1 aliphatic carbocycles. The van der Waals surface area contributed by atoms with Gasteiger partial charge in [0.25, 0.3) is 0 Å². The normalized spacial score (nSPS) is 22.4. The standard InChI is InChI=1S/C15H24N4/c1-13(2,3)18-19-14(4,11-16)10-15(12-17)8-6-5-7-9-15/h5-10H2,1-4H3. The van der Waals surface area contributed by atoms with Crippen molar-refractivity contribution in [2.75, 3.05) is 0 Å². The summed E-state index contributed by atoms with van der Waals surface area (Å²) >= 11 is 0. The summed E-state index contributed by atoms with van der Waals surface area (Å²) in [6, 6.07) is 4.70. The Bertz CT molecular complexity index is 413. The summed E-state index contributed by atoms with van der Waals surface area (Å²) in [6.07, 6.45) is 5.59. The van der Waals surface area contributed by atoms with E-state index in [1.165, 1.54) is 6.42 Å². The van der Waals surface area contributed by atoms with Crippen molar-refractivity contribution in [3.8, 4) is 12.1 Å². The van der Waals surface area contributed by atoms with Gasteiger partial charge in [-0.05, 0) is 40.5 Å². The molecule has 0 aromatic carbocycles. The molecule has 0 amide bonds. The summed E-state index contributed by atoms with van der Waals surface area (Å²) in [5.74, 6) is 0. The van der Waals surface area contributed by atoms with Gasteiger partial charge in [0.2, 0.25) is 0 Å². The van der Waals surface area contributed by atoms with E-state index in [4.69, 9.17) is 0 Å². The van der Waals surface area contributed by atoms with Crippen LogP contribution in [0.2, 0.25) is 0 Å². The predicted molar refractivity (Wildman–Crippen MR) is 74.4 cm³/mol. The van der Waals surface area contributed by atoms with Crippen LogP contribution in [-0.2, 0) is 0 Å². The van der Waals surface area contributed by atoms with Crippen LogP contribution < -0.4 is 0 Å². The van der Waals surface area contributed by atoms with Crippen LogP contribution in [0.1, 0.15) is 66.2 Å². The number of hydrogen-bond acceptors (Lipinski definition) is 4. The Labute approximate surface area is 116 Å². The molecule has 0 bridgehead atoms. The number of rotatable bonds is 3. The first kappa shape index (κ1) is 15.6. The first-order valence-electron chi connectivity index (χ1n) is 7.01. The number of hydrogen-bond donors (Lipinski definition) is 0. The molecule has 0 heterocycles. The van der Waals surface area contributed by atoms with E-state index in [9.17, 15) is 10.5 Å². The lowest BCUT2D eigenvalue weighted by Gasteiger charge is -2.34. The Kier molecular flexibility index (Phi) is 4.69. The second-order valence-electron chi connectivity index (χ2n) is 6.89. The first-order valence-corrected chi connectivity index (χ1v) is 7.01. The summed E-state index contributed by atoms with van der Waals surface area (Å²) in [5.41, 5.74) is -1.57. The maximum absolute atomic E-state index is 9.50. The van der Waals surface area contributed by atoms with Crippen molar-refractivity contribution >= 4 is 0 Å². The van der Waals surface area contributed by atoms with Crippen molar-refractivity contribution in [1.82, 2.24) is 0 Å². The molecule has 0 radical (unpaired) electrons. The summed E-state index contributed by atoms with van der Waals surface area (Å²) < 4.78 is 0. The lowest BCUT2D eigenvalue weighted by atomic mass is 9.69. The smallest absolute Gasteiger partial charge is 0.166 e. The van der Waals surface area contributed by atoms with Crippen molar-refractivity contribution < 1.29 is 0 Å². The zero-order valence-corrected chi connectivity index (χ0v) is 12.5. The van der Waals surface area contributed by atoms with Crippen LogP contribution in [-0.4, -0.2) is 11.1 Å². The third-order valence-corrected chi connectivity index (χ3v) is 3.54. The quantitative estimate of drug-likeness (QED) is 0.706. The van der Waals surface area contributed by atoms with Gasteiger partial charge < -0.3 is 0 Å². The molecule has 1 rings (SSSR count). The van der Waals surface area contributed by atoms with Crippen molar-refractivity contribution in [1.29, 1.82) is 10.5 Å². The third kappa shape index (κ3) is 4.63. The summed E-state index contributed by atoms with van der Waals surface area (Å²) in [6.45, 7) is 7.65. The van der Waals surface area contributed by atoms with Crippen LogP contribution >= 0.6 is 0 Å². The highest BCUT2D eigenvalue weighted by molar-refractivity contribution is 5.13. The molecule has 0 saturated heterocycles. The molecular formula is C15H24N4. The minimum absolute atomic E-state index is 0.287. The van der Waals surface area contributed by atoms with E-state index in [-0.39, 0.29) is 11.0 Å². The Balaban J connectivity index is 2.89. The van der Waals surface area contributed by atoms with Crippen LogP contribution in [0.25, 0.3) is 0 Å². The molecule has 0 aromatic heterocycles. The number of nitrogens with zero attached hydrogens (tertiary/aromatic N) is 4. The molecule has 0 spiro atoms. The maximum Gasteiger partial charge on any atom is 0.166 e. The molecule has 104 valence electrons. The third-order valence-electron chi connectivity index (χ3n) is 3.54. The summed E-state index contributed by atoms with van der Waals surface area (Å²) in [5, 5.41) is 27.4. The molecule has 0 aromatic rings. The largest absolute Gasteiger partial charge is 0.198 e. The van der Waals surface area contributed by atoms with Gasteiger partial charge in [-0.2, -0.15) is 20.8 Å². The topological polar surface area (TPSA) is 72.3 Å². The molecule has 19 heavy (non-hydrogen) atoms. The lowest BCUT2D eigenvalue weighted by Crippen LogP contribution is -2.33. The Morgan fingerprint density at radius 3 is 2.00 bits per heavy atom. The van der Waals surface area contributed by atoms with Crippen molar-refractivity contribution in [3.05, 3.63) is 0 Å². The molecule has 1 saturated carbocycles. The lowest BCUT2D eigenvalue weighted by molar-refractivity contribution is 0.214. The van der Waals surface area contributed by atoms with E-state index in [1.807, 2.05) is 20.8 Å². The molecule has 1 atom stereocenters. The zero-order valence-electron chi connectivity index (χ0n) is 12.5. The van der Waals surface area contributed by atoms with E-state index in [0.29, 0.717) is 6.42 Å². The summed E-state index contributed by atoms with van der Waals surface area (Å²) in [4.78, 5) is 0. The highest BCUT2D eigenvalue weighted by Crippen LogP contribution is 2.43. The van der Waals surface area contributed by atoms with Crippen LogP contribution in [0.5, 0.6) is 0 Å². The number of azo groups is 1. The highest BCUT2D eigenvalue weighted by atomic mass is 15.2. The SMILES string of the molecule is CC(C)(C)N=NC(C)(C#N)CC1(C#N)CCCCC1. The van der Waals surface area contributed by atoms with Gasteiger partial charge in [-0.25, -0.2) is 0 Å². The van der Waals surface area contributed by atoms with Gasteiger partial charge in [-0.15, -0.1) is 0 Å². The van der Waals surface area contributed by atoms with Crippen molar-refractivity contribution in [2.45, 2.75) is 77.3 Å². The van der Waals surface area contributed by atoms with Crippen molar-refractivity contribution in [2.24, 2.45) is 15.6 Å². The molecule has 1 fully saturated rings. The second kappa shape index (κ2) is 5.70. The van der Waals surface area contributed by atoms with Crippen molar-refractivity contribution in [3.63, 3.8) is 0 Å².